The van der Waals surface area contributed by atoms with Gasteiger partial charge < -0.3 is 4.74 Å². The van der Waals surface area contributed by atoms with Gasteiger partial charge in [-0.3, -0.25) is 11.3 Å². The van der Waals surface area contributed by atoms with Crippen LogP contribution in [0.3, 0.4) is 0 Å². The lowest BCUT2D eigenvalue weighted by Crippen LogP contribution is -2.37. The lowest BCUT2D eigenvalue weighted by Gasteiger charge is -2.16. The smallest absolute Gasteiger partial charge is 0.145 e. The Kier molecular flexibility index (Phi) is 7.20. The molecule has 0 saturated carbocycles. The molecule has 0 aliphatic carbocycles. The van der Waals surface area contributed by atoms with E-state index < -0.39 is 0 Å². The van der Waals surface area contributed by atoms with Gasteiger partial charge in [-0.25, -0.2) is 4.39 Å². The number of rotatable bonds is 8. The third-order valence-electron chi connectivity index (χ3n) is 2.69. The second kappa shape index (κ2) is 8.43. The highest BCUT2D eigenvalue weighted by Crippen LogP contribution is 2.19. The number of hydrogen-bond acceptors (Lipinski definition) is 3. The van der Waals surface area contributed by atoms with E-state index >= 15 is 0 Å². The number of hydrazine groups is 1. The zero-order valence-corrected chi connectivity index (χ0v) is 11.3. The van der Waals surface area contributed by atoms with Crippen molar-refractivity contribution in [3.63, 3.8) is 0 Å². The first kappa shape index (κ1) is 15.4. The number of halogens is 2. The van der Waals surface area contributed by atoms with Crippen LogP contribution in [0.1, 0.15) is 25.3 Å². The van der Waals surface area contributed by atoms with Gasteiger partial charge in [-0.05, 0) is 30.9 Å². The Balaban J connectivity index is 2.49. The summed E-state index contributed by atoms with van der Waals surface area (Å²) in [5, 5.41) is 0.144. The highest BCUT2D eigenvalue weighted by Gasteiger charge is 2.12. The molecule has 0 heterocycles. The van der Waals surface area contributed by atoms with E-state index in [4.69, 9.17) is 22.2 Å². The lowest BCUT2D eigenvalue weighted by molar-refractivity contribution is 0.124. The van der Waals surface area contributed by atoms with Crippen molar-refractivity contribution in [3.05, 3.63) is 34.6 Å². The normalized spacial score (nSPS) is 12.7. The van der Waals surface area contributed by atoms with Crippen molar-refractivity contribution in [3.8, 4) is 0 Å². The maximum Gasteiger partial charge on any atom is 0.145 e. The molecule has 3 nitrogen and oxygen atoms in total. The third kappa shape index (κ3) is 4.90. The summed E-state index contributed by atoms with van der Waals surface area (Å²) in [6.45, 7) is 3.41. The molecule has 0 aliphatic rings. The van der Waals surface area contributed by atoms with Crippen LogP contribution in [0, 0.1) is 5.82 Å². The molecule has 0 aromatic heterocycles. The average Bonchev–Trinajstić information content (AvgIpc) is 2.38. The van der Waals surface area contributed by atoms with Crippen LogP contribution in [0.5, 0.6) is 0 Å². The van der Waals surface area contributed by atoms with Crippen molar-refractivity contribution >= 4 is 11.6 Å². The predicted octanol–water partition coefficient (Wildman–Crippen LogP) is 2.67. The molecule has 1 atom stereocenters. The van der Waals surface area contributed by atoms with Crippen LogP contribution in [-0.4, -0.2) is 19.3 Å². The summed E-state index contributed by atoms with van der Waals surface area (Å²) in [5.74, 6) is 5.10. The van der Waals surface area contributed by atoms with Gasteiger partial charge in [0.15, 0.2) is 0 Å². The topological polar surface area (TPSA) is 47.3 Å². The van der Waals surface area contributed by atoms with E-state index in [0.29, 0.717) is 18.6 Å². The molecular weight excluding hydrogens is 255 g/mol. The van der Waals surface area contributed by atoms with E-state index in [1.807, 2.05) is 0 Å². The van der Waals surface area contributed by atoms with Gasteiger partial charge in [-0.1, -0.05) is 30.7 Å². The van der Waals surface area contributed by atoms with E-state index in [1.54, 1.807) is 12.1 Å². The zero-order valence-electron chi connectivity index (χ0n) is 10.6. The molecule has 102 valence electrons. The maximum absolute atomic E-state index is 13.7. The van der Waals surface area contributed by atoms with Crippen molar-refractivity contribution < 1.29 is 9.13 Å². The second-order valence-corrected chi connectivity index (χ2v) is 4.59. The Morgan fingerprint density at radius 2 is 2.22 bits per heavy atom. The molecule has 5 heteroatoms. The first-order valence-electron chi connectivity index (χ1n) is 6.15. The molecule has 0 fully saturated rings. The van der Waals surface area contributed by atoms with Gasteiger partial charge in [0.2, 0.25) is 0 Å². The van der Waals surface area contributed by atoms with Gasteiger partial charge in [-0.2, -0.15) is 0 Å². The van der Waals surface area contributed by atoms with Crippen LogP contribution in [0.25, 0.3) is 0 Å². The first-order valence-corrected chi connectivity index (χ1v) is 6.53. The molecule has 0 spiro atoms. The standard InChI is InChI=1S/C13H20ClFN2O/c1-2-7-18-8-6-11(17-16)9-10-4-3-5-12(14)13(10)15/h3-5,11,17H,2,6-9,16H2,1H3. The molecule has 18 heavy (non-hydrogen) atoms. The Hall–Kier alpha value is -0.680. The van der Waals surface area contributed by atoms with Crippen LogP contribution in [-0.2, 0) is 11.2 Å². The van der Waals surface area contributed by atoms with Crippen LogP contribution in [0.4, 0.5) is 4.39 Å². The number of benzene rings is 1. The number of nitrogens with two attached hydrogens (primary N) is 1. The molecule has 0 amide bonds. The molecule has 1 rings (SSSR count). The molecule has 0 bridgehead atoms. The Morgan fingerprint density at radius 1 is 1.44 bits per heavy atom. The van der Waals surface area contributed by atoms with Gasteiger partial charge in [0.05, 0.1) is 5.02 Å². The van der Waals surface area contributed by atoms with E-state index in [9.17, 15) is 4.39 Å². The van der Waals surface area contributed by atoms with E-state index in [0.717, 1.165) is 19.4 Å². The summed E-state index contributed by atoms with van der Waals surface area (Å²) in [7, 11) is 0. The van der Waals surface area contributed by atoms with Crippen molar-refractivity contribution in [2.24, 2.45) is 5.84 Å². The molecule has 1 unspecified atom stereocenters. The zero-order chi connectivity index (χ0) is 13.4. The minimum Gasteiger partial charge on any atom is -0.381 e. The quantitative estimate of drug-likeness (QED) is 0.435. The SMILES string of the molecule is CCCOCCC(Cc1cccc(Cl)c1F)NN. The van der Waals surface area contributed by atoms with Gasteiger partial charge in [0.25, 0.3) is 0 Å². The van der Waals surface area contributed by atoms with E-state index in [1.165, 1.54) is 6.07 Å². The highest BCUT2D eigenvalue weighted by atomic mass is 35.5. The third-order valence-corrected chi connectivity index (χ3v) is 2.98. The fraction of sp³-hybridized carbons (Fsp3) is 0.538. The second-order valence-electron chi connectivity index (χ2n) is 4.18. The van der Waals surface area contributed by atoms with Crippen LogP contribution in [0.2, 0.25) is 5.02 Å². The minimum absolute atomic E-state index is 0.0187. The van der Waals surface area contributed by atoms with Crippen molar-refractivity contribution in [1.29, 1.82) is 0 Å². The predicted molar refractivity (Wildman–Crippen MR) is 72.0 cm³/mol. The van der Waals surface area contributed by atoms with Crippen molar-refractivity contribution in [2.45, 2.75) is 32.2 Å². The van der Waals surface area contributed by atoms with Crippen LogP contribution in [0.15, 0.2) is 18.2 Å². The van der Waals surface area contributed by atoms with Crippen LogP contribution >= 0.6 is 11.6 Å². The number of ether oxygens (including phenoxy) is 1. The van der Waals surface area contributed by atoms with Crippen LogP contribution < -0.4 is 11.3 Å². The van der Waals surface area contributed by atoms with E-state index in [2.05, 4.69) is 12.3 Å². The molecule has 1 aromatic carbocycles. The van der Waals surface area contributed by atoms with Crippen molar-refractivity contribution in [1.82, 2.24) is 5.43 Å². The molecule has 0 saturated heterocycles. The minimum atomic E-state index is -0.367. The number of nitrogens with one attached hydrogen (secondary N) is 1. The average molecular weight is 275 g/mol. The number of hydrogen-bond donors (Lipinski definition) is 2. The monoisotopic (exact) mass is 274 g/mol. The molecule has 3 N–H and O–H groups in total. The summed E-state index contributed by atoms with van der Waals surface area (Å²) in [5.41, 5.74) is 3.25. The lowest BCUT2D eigenvalue weighted by atomic mass is 10.0. The molecule has 0 radical (unpaired) electrons. The van der Waals surface area contributed by atoms with Crippen molar-refractivity contribution in [2.75, 3.05) is 13.2 Å². The summed E-state index contributed by atoms with van der Waals surface area (Å²) >= 11 is 5.73. The summed E-state index contributed by atoms with van der Waals surface area (Å²) < 4.78 is 19.1. The molecular formula is C13H20ClFN2O. The van der Waals surface area contributed by atoms with Gasteiger partial charge in [-0.15, -0.1) is 0 Å². The molecule has 0 aliphatic heterocycles. The van der Waals surface area contributed by atoms with E-state index in [-0.39, 0.29) is 16.9 Å². The summed E-state index contributed by atoms with van der Waals surface area (Å²) in [6, 6.07) is 4.98. The van der Waals surface area contributed by atoms with Gasteiger partial charge >= 0.3 is 0 Å². The summed E-state index contributed by atoms with van der Waals surface area (Å²) in [6.07, 6.45) is 2.23. The van der Waals surface area contributed by atoms with Gasteiger partial charge in [0.1, 0.15) is 5.82 Å². The largest absolute Gasteiger partial charge is 0.381 e. The Labute approximate surface area is 112 Å². The summed E-state index contributed by atoms with van der Waals surface area (Å²) in [4.78, 5) is 0. The molecule has 1 aromatic rings. The maximum atomic E-state index is 13.7. The highest BCUT2D eigenvalue weighted by molar-refractivity contribution is 6.30. The Bertz CT molecular complexity index is 363. The first-order chi connectivity index (χ1) is 8.69. The fourth-order valence-electron chi connectivity index (χ4n) is 1.69. The fourth-order valence-corrected chi connectivity index (χ4v) is 1.88. The van der Waals surface area contributed by atoms with Gasteiger partial charge in [0, 0.05) is 19.3 Å². The Morgan fingerprint density at radius 3 is 2.89 bits per heavy atom.